The van der Waals surface area contributed by atoms with Crippen LogP contribution in [0.25, 0.3) is 11.1 Å². The SMILES string of the molecule is O=C(Nc1ccc(OCC(O)CO)cc1Cl)N1CCN(c2ccc(Nc3nc4ccccc4o3)cc2)CC1. The normalized spacial score (nSPS) is 14.4. The third kappa shape index (κ3) is 6.10. The monoisotopic (exact) mass is 537 g/mol. The largest absolute Gasteiger partial charge is 0.491 e. The highest BCUT2D eigenvalue weighted by Gasteiger charge is 2.22. The lowest BCUT2D eigenvalue weighted by Gasteiger charge is -2.36. The molecule has 1 saturated heterocycles. The number of urea groups is 1. The summed E-state index contributed by atoms with van der Waals surface area (Å²) in [4.78, 5) is 21.2. The number of hydrogen-bond acceptors (Lipinski definition) is 8. The number of nitrogens with zero attached hydrogens (tertiary/aromatic N) is 3. The molecule has 1 unspecified atom stereocenters. The number of rotatable bonds is 8. The lowest BCUT2D eigenvalue weighted by Crippen LogP contribution is -2.50. The Kier molecular flexibility index (Phi) is 7.83. The number of carbonyl (C=O) groups is 1. The molecular formula is C27H28ClN5O5. The van der Waals surface area contributed by atoms with Crippen LogP contribution in [0.4, 0.5) is 27.9 Å². The van der Waals surface area contributed by atoms with Gasteiger partial charge in [-0.25, -0.2) is 4.79 Å². The van der Waals surface area contributed by atoms with Crippen LogP contribution >= 0.6 is 11.6 Å². The summed E-state index contributed by atoms with van der Waals surface area (Å²) in [6.45, 7) is 2.07. The van der Waals surface area contributed by atoms with Crippen molar-refractivity contribution in [1.29, 1.82) is 0 Å². The maximum absolute atomic E-state index is 12.8. The Morgan fingerprint density at radius 1 is 1.08 bits per heavy atom. The van der Waals surface area contributed by atoms with Gasteiger partial charge in [0.15, 0.2) is 5.58 Å². The zero-order valence-corrected chi connectivity index (χ0v) is 21.3. The Bertz CT molecular complexity index is 1360. The van der Waals surface area contributed by atoms with Crippen LogP contribution in [0.2, 0.25) is 5.02 Å². The van der Waals surface area contributed by atoms with Gasteiger partial charge in [0.1, 0.15) is 24.0 Å². The van der Waals surface area contributed by atoms with Crippen molar-refractivity contribution in [2.75, 3.05) is 54.9 Å². The average Bonchev–Trinajstić information content (AvgIpc) is 3.36. The lowest BCUT2D eigenvalue weighted by molar-refractivity contribution is 0.0536. The van der Waals surface area contributed by atoms with Gasteiger partial charge in [-0.3, -0.25) is 0 Å². The quantitative estimate of drug-likeness (QED) is 0.262. The number of amides is 2. The van der Waals surface area contributed by atoms with Gasteiger partial charge in [-0.05, 0) is 48.5 Å². The molecule has 2 heterocycles. The minimum Gasteiger partial charge on any atom is -0.491 e. The van der Waals surface area contributed by atoms with Gasteiger partial charge in [0.25, 0.3) is 6.01 Å². The second-order valence-electron chi connectivity index (χ2n) is 8.85. The first kappa shape index (κ1) is 25.7. The number of hydrogen-bond donors (Lipinski definition) is 4. The number of aliphatic hydroxyl groups excluding tert-OH is 2. The highest BCUT2D eigenvalue weighted by molar-refractivity contribution is 6.33. The van der Waals surface area contributed by atoms with E-state index < -0.39 is 6.10 Å². The number of benzene rings is 3. The van der Waals surface area contributed by atoms with E-state index in [-0.39, 0.29) is 19.2 Å². The van der Waals surface area contributed by atoms with Gasteiger partial charge in [0.05, 0.1) is 17.3 Å². The van der Waals surface area contributed by atoms with Crippen LogP contribution < -0.4 is 20.3 Å². The number of ether oxygens (including phenoxy) is 1. The summed E-state index contributed by atoms with van der Waals surface area (Å²) in [7, 11) is 0. The van der Waals surface area contributed by atoms with Crippen LogP contribution in [-0.4, -0.2) is 71.6 Å². The van der Waals surface area contributed by atoms with Crippen LogP contribution in [-0.2, 0) is 0 Å². The molecule has 4 aromatic rings. The summed E-state index contributed by atoms with van der Waals surface area (Å²) in [5.74, 6) is 0.434. The molecule has 0 bridgehead atoms. The standard InChI is InChI=1S/C27H28ClN5O5/c28-22-15-21(37-17-20(35)16-34)9-10-23(22)31-27(36)33-13-11-32(12-14-33)19-7-5-18(6-8-19)29-26-30-24-3-1-2-4-25(24)38-26/h1-10,15,20,34-35H,11-14,16-17H2,(H,29,30)(H,31,36). The molecule has 0 aliphatic carbocycles. The van der Waals surface area contributed by atoms with E-state index >= 15 is 0 Å². The fourth-order valence-corrected chi connectivity index (χ4v) is 4.32. The Balaban J connectivity index is 1.11. The molecule has 5 rings (SSSR count). The number of nitrogens with one attached hydrogen (secondary N) is 2. The molecule has 0 radical (unpaired) electrons. The fourth-order valence-electron chi connectivity index (χ4n) is 4.10. The van der Waals surface area contributed by atoms with Crippen molar-refractivity contribution in [2.45, 2.75) is 6.10 Å². The lowest BCUT2D eigenvalue weighted by atomic mass is 10.2. The van der Waals surface area contributed by atoms with E-state index in [2.05, 4.69) is 20.5 Å². The summed E-state index contributed by atoms with van der Waals surface area (Å²) in [6.07, 6.45) is -0.971. The highest BCUT2D eigenvalue weighted by atomic mass is 35.5. The second kappa shape index (κ2) is 11.6. The number of para-hydroxylation sites is 2. The van der Waals surface area contributed by atoms with Crippen LogP contribution in [0.3, 0.4) is 0 Å². The smallest absolute Gasteiger partial charge is 0.322 e. The van der Waals surface area contributed by atoms with Crippen molar-refractivity contribution in [1.82, 2.24) is 9.88 Å². The predicted octanol–water partition coefficient (Wildman–Crippen LogP) is 4.31. The minimum absolute atomic E-state index is 0.0550. The van der Waals surface area contributed by atoms with E-state index in [9.17, 15) is 9.90 Å². The molecular weight excluding hydrogens is 510 g/mol. The number of fused-ring (bicyclic) bond motifs is 1. The number of carbonyl (C=O) groups excluding carboxylic acids is 1. The molecule has 1 fully saturated rings. The van der Waals surface area contributed by atoms with Crippen LogP contribution in [0.15, 0.2) is 71.1 Å². The van der Waals surface area contributed by atoms with Crippen molar-refractivity contribution in [3.63, 3.8) is 0 Å². The van der Waals surface area contributed by atoms with Gasteiger partial charge < -0.3 is 39.8 Å². The van der Waals surface area contributed by atoms with Crippen molar-refractivity contribution >= 4 is 51.8 Å². The average molecular weight is 538 g/mol. The van der Waals surface area contributed by atoms with E-state index in [1.165, 1.54) is 0 Å². The Labute approximate surface area is 224 Å². The maximum Gasteiger partial charge on any atom is 0.322 e. The molecule has 11 heteroatoms. The third-order valence-electron chi connectivity index (χ3n) is 6.18. The zero-order valence-electron chi connectivity index (χ0n) is 20.5. The summed E-state index contributed by atoms with van der Waals surface area (Å²) in [5, 5.41) is 24.6. The molecule has 1 aliphatic heterocycles. The molecule has 0 spiro atoms. The van der Waals surface area contributed by atoms with E-state index in [4.69, 9.17) is 25.9 Å². The van der Waals surface area contributed by atoms with Gasteiger partial charge in [0, 0.05) is 43.6 Å². The van der Waals surface area contributed by atoms with E-state index in [1.54, 1.807) is 23.1 Å². The van der Waals surface area contributed by atoms with Crippen molar-refractivity contribution < 1.29 is 24.2 Å². The topological polar surface area (TPSA) is 123 Å². The number of aromatic nitrogens is 1. The van der Waals surface area contributed by atoms with Gasteiger partial charge in [-0.1, -0.05) is 23.7 Å². The Morgan fingerprint density at radius 2 is 1.84 bits per heavy atom. The first-order chi connectivity index (χ1) is 18.5. The number of piperazine rings is 1. The highest BCUT2D eigenvalue weighted by Crippen LogP contribution is 2.28. The van der Waals surface area contributed by atoms with Crippen molar-refractivity contribution in [2.24, 2.45) is 0 Å². The molecule has 3 aromatic carbocycles. The molecule has 0 saturated carbocycles. The molecule has 38 heavy (non-hydrogen) atoms. The molecule has 198 valence electrons. The minimum atomic E-state index is -0.971. The first-order valence-electron chi connectivity index (χ1n) is 12.2. The first-order valence-corrected chi connectivity index (χ1v) is 12.6. The molecule has 1 aliphatic rings. The number of anilines is 4. The summed E-state index contributed by atoms with van der Waals surface area (Å²) >= 11 is 6.30. The van der Waals surface area contributed by atoms with Gasteiger partial charge in [-0.15, -0.1) is 0 Å². The summed E-state index contributed by atoms with van der Waals surface area (Å²) in [6, 6.07) is 20.7. The van der Waals surface area contributed by atoms with Crippen LogP contribution in [0.1, 0.15) is 0 Å². The van der Waals surface area contributed by atoms with E-state index in [0.717, 1.165) is 22.5 Å². The number of aliphatic hydroxyl groups is 2. The predicted molar refractivity (Wildman–Crippen MR) is 147 cm³/mol. The molecule has 1 atom stereocenters. The Morgan fingerprint density at radius 3 is 2.55 bits per heavy atom. The number of halogens is 1. The molecule has 1 aromatic heterocycles. The van der Waals surface area contributed by atoms with Gasteiger partial charge in [-0.2, -0.15) is 4.98 Å². The maximum atomic E-state index is 12.8. The van der Waals surface area contributed by atoms with Crippen LogP contribution in [0.5, 0.6) is 5.75 Å². The fraction of sp³-hybridized carbons (Fsp3) is 0.259. The molecule has 4 N–H and O–H groups in total. The van der Waals surface area contributed by atoms with E-state index in [0.29, 0.717) is 48.7 Å². The second-order valence-corrected chi connectivity index (χ2v) is 9.26. The Hall–Kier alpha value is -3.99. The summed E-state index contributed by atoms with van der Waals surface area (Å²) in [5.41, 5.74) is 3.94. The molecule has 10 nitrogen and oxygen atoms in total. The summed E-state index contributed by atoms with van der Waals surface area (Å²) < 4.78 is 11.1. The van der Waals surface area contributed by atoms with Crippen molar-refractivity contribution in [3.05, 3.63) is 71.8 Å². The van der Waals surface area contributed by atoms with Crippen LogP contribution in [0, 0.1) is 0 Å². The third-order valence-corrected chi connectivity index (χ3v) is 6.49. The van der Waals surface area contributed by atoms with Gasteiger partial charge in [0.2, 0.25) is 0 Å². The number of oxazole rings is 1. The van der Waals surface area contributed by atoms with Gasteiger partial charge >= 0.3 is 6.03 Å². The van der Waals surface area contributed by atoms with E-state index in [1.807, 2.05) is 48.5 Å². The zero-order chi connectivity index (χ0) is 26.5. The van der Waals surface area contributed by atoms with Crippen molar-refractivity contribution in [3.8, 4) is 5.75 Å². The molecule has 2 amide bonds.